The molecule has 122 valence electrons. The van der Waals surface area contributed by atoms with E-state index in [0.29, 0.717) is 19.8 Å². The van der Waals surface area contributed by atoms with Crippen molar-refractivity contribution < 1.29 is 9.53 Å². The molecule has 0 aliphatic heterocycles. The van der Waals surface area contributed by atoms with Gasteiger partial charge in [0.05, 0.1) is 6.61 Å². The third-order valence-corrected chi connectivity index (χ3v) is 3.62. The first-order valence-electron chi connectivity index (χ1n) is 7.92. The van der Waals surface area contributed by atoms with Crippen LogP contribution in [0.2, 0.25) is 0 Å². The first kappa shape index (κ1) is 17.2. The molecule has 4 heteroatoms. The molecule has 0 heterocycles. The zero-order valence-electron chi connectivity index (χ0n) is 13.5. The lowest BCUT2D eigenvalue weighted by Crippen LogP contribution is -2.27. The quantitative estimate of drug-likeness (QED) is 0.787. The predicted octanol–water partition coefficient (Wildman–Crippen LogP) is 2.93. The Morgan fingerprint density at radius 3 is 2.39 bits per heavy atom. The molecule has 0 aromatic heterocycles. The summed E-state index contributed by atoms with van der Waals surface area (Å²) < 4.78 is 5.36. The van der Waals surface area contributed by atoms with Crippen molar-refractivity contribution in [2.24, 2.45) is 5.73 Å². The number of benzene rings is 2. The van der Waals surface area contributed by atoms with Gasteiger partial charge in [-0.15, -0.1) is 0 Å². The number of amides is 1. The molecule has 0 saturated carbocycles. The normalized spacial score (nSPS) is 11.9. The number of nitrogens with one attached hydrogen (secondary N) is 1. The van der Waals surface area contributed by atoms with Crippen LogP contribution in [0, 0.1) is 0 Å². The van der Waals surface area contributed by atoms with Gasteiger partial charge in [0.2, 0.25) is 5.91 Å². The van der Waals surface area contributed by atoms with Crippen LogP contribution >= 0.6 is 0 Å². The van der Waals surface area contributed by atoms with Gasteiger partial charge in [0, 0.05) is 25.6 Å². The fourth-order valence-corrected chi connectivity index (χ4v) is 2.26. The lowest BCUT2D eigenvalue weighted by molar-refractivity contribution is -0.121. The number of rotatable bonds is 8. The van der Waals surface area contributed by atoms with Gasteiger partial charge in [-0.2, -0.15) is 0 Å². The van der Waals surface area contributed by atoms with Crippen molar-refractivity contribution in [3.05, 3.63) is 71.3 Å². The van der Waals surface area contributed by atoms with E-state index in [4.69, 9.17) is 10.5 Å². The van der Waals surface area contributed by atoms with E-state index < -0.39 is 0 Å². The molecule has 1 unspecified atom stereocenters. The van der Waals surface area contributed by atoms with E-state index in [2.05, 4.69) is 5.32 Å². The minimum absolute atomic E-state index is 0.0419. The Balaban J connectivity index is 1.77. The molecule has 3 N–H and O–H groups in total. The predicted molar refractivity (Wildman–Crippen MR) is 91.6 cm³/mol. The van der Waals surface area contributed by atoms with Crippen LogP contribution in [0.3, 0.4) is 0 Å². The molecule has 0 fully saturated rings. The summed E-state index contributed by atoms with van der Waals surface area (Å²) >= 11 is 0. The Hall–Kier alpha value is -2.17. The molecule has 0 spiro atoms. The van der Waals surface area contributed by atoms with E-state index in [1.54, 1.807) is 0 Å². The second-order valence-electron chi connectivity index (χ2n) is 5.45. The highest BCUT2D eigenvalue weighted by Gasteiger charge is 2.11. The number of nitrogens with two attached hydrogens (primary N) is 1. The summed E-state index contributed by atoms with van der Waals surface area (Å²) in [6.45, 7) is 3.81. The Morgan fingerprint density at radius 2 is 1.74 bits per heavy atom. The lowest BCUT2D eigenvalue weighted by atomic mass is 10.0. The topological polar surface area (TPSA) is 64.3 Å². The van der Waals surface area contributed by atoms with E-state index in [0.717, 1.165) is 16.7 Å². The maximum atomic E-state index is 12.0. The van der Waals surface area contributed by atoms with E-state index >= 15 is 0 Å². The molecular weight excluding hydrogens is 288 g/mol. The Bertz CT molecular complexity index is 597. The highest BCUT2D eigenvalue weighted by Crippen LogP contribution is 2.13. The van der Waals surface area contributed by atoms with E-state index in [9.17, 15) is 4.79 Å². The van der Waals surface area contributed by atoms with Crippen LogP contribution in [0.4, 0.5) is 0 Å². The summed E-state index contributed by atoms with van der Waals surface area (Å²) in [5.74, 6) is -0.0419. The van der Waals surface area contributed by atoms with Crippen molar-refractivity contribution >= 4 is 5.91 Å². The Morgan fingerprint density at radius 1 is 1.09 bits per heavy atom. The standard InChI is InChI=1S/C19H24N2O2/c1-2-23-14-16-10-8-15(9-11-16)13-21-19(22)12-18(20)17-6-4-3-5-7-17/h3-11,18H,2,12-14,20H2,1H3,(H,21,22). The number of hydrogen-bond acceptors (Lipinski definition) is 3. The first-order chi connectivity index (χ1) is 11.2. The van der Waals surface area contributed by atoms with Crippen LogP contribution in [0.15, 0.2) is 54.6 Å². The van der Waals surface area contributed by atoms with E-state index in [1.807, 2.05) is 61.5 Å². The second-order valence-corrected chi connectivity index (χ2v) is 5.45. The Labute approximate surface area is 137 Å². The van der Waals surface area contributed by atoms with Gasteiger partial charge in [-0.25, -0.2) is 0 Å². The number of carbonyl (C=O) groups is 1. The summed E-state index contributed by atoms with van der Waals surface area (Å²) in [6.07, 6.45) is 0.284. The number of ether oxygens (including phenoxy) is 1. The minimum Gasteiger partial charge on any atom is -0.377 e. The van der Waals surface area contributed by atoms with Gasteiger partial charge < -0.3 is 15.8 Å². The van der Waals surface area contributed by atoms with Crippen LogP contribution in [0.5, 0.6) is 0 Å². The van der Waals surface area contributed by atoms with Gasteiger partial charge in [0.25, 0.3) is 0 Å². The fraction of sp³-hybridized carbons (Fsp3) is 0.316. The van der Waals surface area contributed by atoms with Gasteiger partial charge in [0.1, 0.15) is 0 Å². The number of hydrogen-bond donors (Lipinski definition) is 2. The smallest absolute Gasteiger partial charge is 0.222 e. The summed E-state index contributed by atoms with van der Waals surface area (Å²) in [7, 11) is 0. The molecule has 4 nitrogen and oxygen atoms in total. The molecule has 23 heavy (non-hydrogen) atoms. The monoisotopic (exact) mass is 312 g/mol. The van der Waals surface area contributed by atoms with E-state index in [1.165, 1.54) is 0 Å². The molecule has 0 bridgehead atoms. The van der Waals surface area contributed by atoms with Crippen molar-refractivity contribution in [3.63, 3.8) is 0 Å². The molecule has 1 amide bonds. The summed E-state index contributed by atoms with van der Waals surface area (Å²) in [6, 6.07) is 17.4. The SMILES string of the molecule is CCOCc1ccc(CNC(=O)CC(N)c2ccccc2)cc1. The van der Waals surface area contributed by atoms with Crippen LogP contribution in [0.25, 0.3) is 0 Å². The van der Waals surface area contributed by atoms with Crippen LogP contribution in [-0.2, 0) is 22.7 Å². The molecule has 0 aliphatic rings. The van der Waals surface area contributed by atoms with Gasteiger partial charge in [-0.1, -0.05) is 54.6 Å². The van der Waals surface area contributed by atoms with Crippen molar-refractivity contribution in [1.82, 2.24) is 5.32 Å². The van der Waals surface area contributed by atoms with Crippen LogP contribution in [-0.4, -0.2) is 12.5 Å². The van der Waals surface area contributed by atoms with Crippen molar-refractivity contribution in [1.29, 1.82) is 0 Å². The average Bonchev–Trinajstić information content (AvgIpc) is 2.59. The average molecular weight is 312 g/mol. The maximum absolute atomic E-state index is 12.0. The van der Waals surface area contributed by atoms with Gasteiger partial charge >= 0.3 is 0 Å². The molecule has 2 rings (SSSR count). The summed E-state index contributed by atoms with van der Waals surface area (Å²) in [5.41, 5.74) is 9.23. The lowest BCUT2D eigenvalue weighted by Gasteiger charge is -2.12. The molecule has 1 atom stereocenters. The second kappa shape index (κ2) is 9.08. The zero-order valence-corrected chi connectivity index (χ0v) is 13.5. The first-order valence-corrected chi connectivity index (χ1v) is 7.92. The van der Waals surface area contributed by atoms with Gasteiger partial charge in [-0.05, 0) is 23.6 Å². The Kier molecular flexibility index (Phi) is 6.78. The minimum atomic E-state index is -0.273. The molecular formula is C19H24N2O2. The molecule has 0 saturated heterocycles. The van der Waals surface area contributed by atoms with Crippen molar-refractivity contribution in [3.8, 4) is 0 Å². The van der Waals surface area contributed by atoms with Gasteiger partial charge in [0.15, 0.2) is 0 Å². The van der Waals surface area contributed by atoms with Crippen molar-refractivity contribution in [2.75, 3.05) is 6.61 Å². The fourth-order valence-electron chi connectivity index (χ4n) is 2.26. The molecule has 2 aromatic carbocycles. The third-order valence-electron chi connectivity index (χ3n) is 3.62. The largest absolute Gasteiger partial charge is 0.377 e. The van der Waals surface area contributed by atoms with Crippen LogP contribution < -0.4 is 11.1 Å². The molecule has 2 aromatic rings. The maximum Gasteiger partial charge on any atom is 0.222 e. The van der Waals surface area contributed by atoms with Crippen LogP contribution in [0.1, 0.15) is 36.1 Å². The third kappa shape index (κ3) is 5.85. The molecule has 0 radical (unpaired) electrons. The highest BCUT2D eigenvalue weighted by molar-refractivity contribution is 5.76. The van der Waals surface area contributed by atoms with E-state index in [-0.39, 0.29) is 18.4 Å². The highest BCUT2D eigenvalue weighted by atomic mass is 16.5. The molecule has 0 aliphatic carbocycles. The number of carbonyl (C=O) groups excluding carboxylic acids is 1. The summed E-state index contributed by atoms with van der Waals surface area (Å²) in [5, 5.41) is 2.91. The zero-order chi connectivity index (χ0) is 16.5. The van der Waals surface area contributed by atoms with Crippen molar-refractivity contribution in [2.45, 2.75) is 32.5 Å². The van der Waals surface area contributed by atoms with Gasteiger partial charge in [-0.3, -0.25) is 4.79 Å². The summed E-state index contributed by atoms with van der Waals surface area (Å²) in [4.78, 5) is 12.0.